The smallest absolute Gasteiger partial charge is 0.353 e. The van der Waals surface area contributed by atoms with Crippen molar-refractivity contribution in [1.82, 2.24) is 19.8 Å². The number of anilines is 1. The Morgan fingerprint density at radius 3 is 2.55 bits per heavy atom. The number of carboxylic acid groups (broad SMARTS) is 2. The van der Waals surface area contributed by atoms with Crippen molar-refractivity contribution in [2.24, 2.45) is 11.8 Å². The van der Waals surface area contributed by atoms with Gasteiger partial charge in [0.2, 0.25) is 11.8 Å². The lowest BCUT2D eigenvalue weighted by atomic mass is 9.79. The number of amides is 2. The SMILES string of the molecule is C[C@@H](O)[C@H]1C(=O)N2C(C(=O)O)=C(S[C@H]3C[C@@H](C(=O)Nc4cccc(C(=O)O)c4)N(Cc4cncnc4)C3)[C@H](C)[C@H]12. The van der Waals surface area contributed by atoms with Crippen LogP contribution in [0.5, 0.6) is 0 Å². The second-order valence-electron chi connectivity index (χ2n) is 10.3. The van der Waals surface area contributed by atoms with E-state index in [2.05, 4.69) is 15.3 Å². The van der Waals surface area contributed by atoms with E-state index in [9.17, 15) is 34.5 Å². The number of carboxylic acids is 2. The van der Waals surface area contributed by atoms with Crippen LogP contribution in [0.3, 0.4) is 0 Å². The van der Waals surface area contributed by atoms with Crippen LogP contribution < -0.4 is 5.32 Å². The summed E-state index contributed by atoms with van der Waals surface area (Å²) in [5, 5.41) is 32.1. The van der Waals surface area contributed by atoms with Crippen LogP contribution in [0.25, 0.3) is 0 Å². The third-order valence-corrected chi connectivity index (χ3v) is 9.14. The Morgan fingerprint density at radius 2 is 1.90 bits per heavy atom. The number of thioether (sulfide) groups is 1. The van der Waals surface area contributed by atoms with Gasteiger partial charge in [0.05, 0.1) is 29.7 Å². The van der Waals surface area contributed by atoms with E-state index in [-0.39, 0.29) is 28.3 Å². The Kier molecular flexibility index (Phi) is 7.62. The molecule has 4 N–H and O–H groups in total. The molecule has 1 aromatic carbocycles. The van der Waals surface area contributed by atoms with Gasteiger partial charge in [-0.15, -0.1) is 11.8 Å². The highest BCUT2D eigenvalue weighted by atomic mass is 32.2. The standard InChI is InChI=1S/C27H29N5O7S/c1-13-21-20(14(2)33)25(35)32(21)22(27(38)39)23(13)40-18-7-19(31(11-18)10-15-8-28-12-29-9-15)24(34)30-17-5-3-4-16(6-17)26(36)37/h3-6,8-9,12-14,18-21,33H,7,10-11H2,1-2H3,(H,30,34)(H,36,37)(H,38,39)/t13-,14-,18+,19+,20-,21-/m1/s1. The molecule has 3 aliphatic rings. The summed E-state index contributed by atoms with van der Waals surface area (Å²) in [5.74, 6) is -3.94. The molecule has 0 aliphatic carbocycles. The lowest BCUT2D eigenvalue weighted by Gasteiger charge is -2.46. The molecule has 4 heterocycles. The number of aliphatic hydroxyl groups excluding tert-OH is 1. The van der Waals surface area contributed by atoms with Gasteiger partial charge in [-0.2, -0.15) is 0 Å². The predicted molar refractivity (Wildman–Crippen MR) is 144 cm³/mol. The number of nitrogens with zero attached hydrogens (tertiary/aromatic N) is 4. The normalized spacial score (nSPS) is 26.8. The van der Waals surface area contributed by atoms with Crippen LogP contribution in [0, 0.1) is 11.8 Å². The molecule has 40 heavy (non-hydrogen) atoms. The van der Waals surface area contributed by atoms with Crippen molar-refractivity contribution in [2.75, 3.05) is 11.9 Å². The van der Waals surface area contributed by atoms with Crippen molar-refractivity contribution in [2.45, 2.75) is 50.3 Å². The fraction of sp³-hybridized carbons (Fsp3) is 0.407. The minimum atomic E-state index is -1.20. The molecule has 0 unspecified atom stereocenters. The maximum absolute atomic E-state index is 13.5. The minimum absolute atomic E-state index is 0.0500. The van der Waals surface area contributed by atoms with Gasteiger partial charge in [-0.05, 0) is 31.5 Å². The van der Waals surface area contributed by atoms with Gasteiger partial charge >= 0.3 is 11.9 Å². The molecule has 1 aromatic heterocycles. The van der Waals surface area contributed by atoms with Crippen LogP contribution in [0.1, 0.15) is 36.2 Å². The first-order valence-electron chi connectivity index (χ1n) is 12.8. The number of carbonyl (C=O) groups is 4. The molecular weight excluding hydrogens is 538 g/mol. The van der Waals surface area contributed by atoms with E-state index in [0.717, 1.165) is 5.56 Å². The topological polar surface area (TPSA) is 173 Å². The van der Waals surface area contributed by atoms with Crippen LogP contribution in [0.4, 0.5) is 5.69 Å². The number of fused-ring (bicyclic) bond motifs is 1. The predicted octanol–water partition coefficient (Wildman–Crippen LogP) is 1.64. The second-order valence-corrected chi connectivity index (χ2v) is 11.7. The molecule has 13 heteroatoms. The summed E-state index contributed by atoms with van der Waals surface area (Å²) in [5.41, 5.74) is 1.16. The number of rotatable bonds is 9. The van der Waals surface area contributed by atoms with Crippen LogP contribution in [0.15, 0.2) is 53.6 Å². The second kappa shape index (κ2) is 11.0. The first kappa shape index (κ1) is 27.7. The first-order chi connectivity index (χ1) is 19.1. The van der Waals surface area contributed by atoms with E-state index in [1.54, 1.807) is 24.5 Å². The van der Waals surface area contributed by atoms with Crippen LogP contribution in [-0.2, 0) is 20.9 Å². The number of aromatic nitrogens is 2. The molecule has 0 radical (unpaired) electrons. The number of β-lactam (4-membered cyclic amide) rings is 1. The molecule has 3 aliphatic heterocycles. The van der Waals surface area contributed by atoms with Gasteiger partial charge in [-0.3, -0.25) is 14.5 Å². The molecule has 210 valence electrons. The molecule has 12 nitrogen and oxygen atoms in total. The van der Waals surface area contributed by atoms with Gasteiger partial charge in [0, 0.05) is 52.8 Å². The summed E-state index contributed by atoms with van der Waals surface area (Å²) < 4.78 is 0. The molecule has 0 saturated carbocycles. The van der Waals surface area contributed by atoms with E-state index in [0.29, 0.717) is 30.1 Å². The number of aliphatic carboxylic acids is 1. The summed E-state index contributed by atoms with van der Waals surface area (Å²) in [6, 6.07) is 4.99. The highest BCUT2D eigenvalue weighted by Crippen LogP contribution is 2.52. The van der Waals surface area contributed by atoms with Crippen LogP contribution in [-0.4, -0.2) is 88.8 Å². The van der Waals surface area contributed by atoms with Gasteiger partial charge in [0.1, 0.15) is 12.0 Å². The van der Waals surface area contributed by atoms with Crippen molar-refractivity contribution in [3.8, 4) is 0 Å². The van der Waals surface area contributed by atoms with E-state index in [4.69, 9.17) is 0 Å². The highest BCUT2D eigenvalue weighted by molar-refractivity contribution is 8.03. The quantitative estimate of drug-likeness (QED) is 0.324. The average Bonchev–Trinajstić information content (AvgIpc) is 3.41. The number of nitrogens with one attached hydrogen (secondary N) is 1. The summed E-state index contributed by atoms with van der Waals surface area (Å²) in [6.45, 7) is 4.23. The number of hydrogen-bond acceptors (Lipinski definition) is 9. The van der Waals surface area contributed by atoms with Gasteiger partial charge in [0.25, 0.3) is 0 Å². The van der Waals surface area contributed by atoms with E-state index < -0.39 is 42.0 Å². The fourth-order valence-corrected chi connectivity index (χ4v) is 7.41. The van der Waals surface area contributed by atoms with Gasteiger partial charge in [-0.1, -0.05) is 13.0 Å². The number of hydrogen-bond donors (Lipinski definition) is 4. The van der Waals surface area contributed by atoms with Crippen molar-refractivity contribution in [3.63, 3.8) is 0 Å². The molecule has 5 rings (SSSR count). The number of aliphatic hydroxyl groups is 1. The minimum Gasteiger partial charge on any atom is -0.478 e. The Labute approximate surface area is 234 Å². The molecule has 0 spiro atoms. The number of carbonyl (C=O) groups excluding carboxylic acids is 2. The molecule has 2 aromatic rings. The molecule has 2 amide bonds. The third kappa shape index (κ3) is 5.07. The van der Waals surface area contributed by atoms with Gasteiger partial charge in [-0.25, -0.2) is 19.6 Å². The maximum Gasteiger partial charge on any atom is 0.353 e. The lowest BCUT2D eigenvalue weighted by molar-refractivity contribution is -0.163. The fourth-order valence-electron chi connectivity index (χ4n) is 5.85. The van der Waals surface area contributed by atoms with Gasteiger partial charge < -0.3 is 25.5 Å². The Bertz CT molecular complexity index is 1380. The van der Waals surface area contributed by atoms with Crippen molar-refractivity contribution >= 4 is 41.2 Å². The first-order valence-corrected chi connectivity index (χ1v) is 13.7. The van der Waals surface area contributed by atoms with Crippen LogP contribution in [0.2, 0.25) is 0 Å². The maximum atomic E-state index is 13.5. The lowest BCUT2D eigenvalue weighted by Crippen LogP contribution is -2.63. The molecule has 0 bridgehead atoms. The number of aromatic carboxylic acids is 1. The van der Waals surface area contributed by atoms with Crippen molar-refractivity contribution in [3.05, 3.63) is 64.7 Å². The zero-order valence-electron chi connectivity index (χ0n) is 21.8. The van der Waals surface area contributed by atoms with Crippen molar-refractivity contribution in [1.29, 1.82) is 0 Å². The summed E-state index contributed by atoms with van der Waals surface area (Å²) in [4.78, 5) is 61.7. The number of likely N-dealkylation sites (tertiary alicyclic amines) is 1. The highest BCUT2D eigenvalue weighted by Gasteiger charge is 2.60. The van der Waals surface area contributed by atoms with E-state index >= 15 is 0 Å². The molecule has 2 fully saturated rings. The van der Waals surface area contributed by atoms with E-state index in [1.165, 1.54) is 42.0 Å². The summed E-state index contributed by atoms with van der Waals surface area (Å²) in [6.07, 6.45) is 4.24. The summed E-state index contributed by atoms with van der Waals surface area (Å²) in [7, 11) is 0. The molecule has 6 atom stereocenters. The Morgan fingerprint density at radius 1 is 1.18 bits per heavy atom. The third-order valence-electron chi connectivity index (χ3n) is 7.65. The van der Waals surface area contributed by atoms with Crippen LogP contribution >= 0.6 is 11.8 Å². The Hall–Kier alpha value is -3.81. The monoisotopic (exact) mass is 567 g/mol. The van der Waals surface area contributed by atoms with E-state index in [1.807, 2.05) is 11.8 Å². The Balaban J connectivity index is 1.38. The molecule has 2 saturated heterocycles. The zero-order chi connectivity index (χ0) is 28.7. The molecular formula is C27H29N5O7S. The summed E-state index contributed by atoms with van der Waals surface area (Å²) >= 11 is 1.36. The van der Waals surface area contributed by atoms with Crippen molar-refractivity contribution < 1.29 is 34.5 Å². The van der Waals surface area contributed by atoms with Gasteiger partial charge in [0.15, 0.2) is 0 Å². The number of benzene rings is 1. The largest absolute Gasteiger partial charge is 0.478 e. The zero-order valence-corrected chi connectivity index (χ0v) is 22.6. The average molecular weight is 568 g/mol.